The molecule has 1 rings (SSSR count). The first kappa shape index (κ1) is 15.0. The van der Waals surface area contributed by atoms with Crippen LogP contribution < -0.4 is 11.1 Å². The number of nitriles is 1. The normalized spacial score (nSPS) is 10.5. The number of hydrogen-bond acceptors (Lipinski definition) is 4. The predicted molar refractivity (Wildman–Crippen MR) is 75.0 cm³/mol. The number of nitrogens with one attached hydrogen (secondary N) is 1. The van der Waals surface area contributed by atoms with E-state index in [0.717, 1.165) is 11.3 Å². The van der Waals surface area contributed by atoms with Gasteiger partial charge in [0.25, 0.3) is 0 Å². The number of hydrogen-bond donors (Lipinski definition) is 2. The van der Waals surface area contributed by atoms with Crippen LogP contribution in [-0.4, -0.2) is 29.9 Å². The largest absolute Gasteiger partial charge is 0.399 e. The molecule has 0 fully saturated rings. The SMILES string of the molecule is CC(C)N(CC(=O)NCC#N)Cc1cccc(N)c1. The summed E-state index contributed by atoms with van der Waals surface area (Å²) in [4.78, 5) is 13.7. The monoisotopic (exact) mass is 260 g/mol. The maximum atomic E-state index is 11.6. The molecule has 0 unspecified atom stereocenters. The van der Waals surface area contributed by atoms with Gasteiger partial charge in [0.15, 0.2) is 0 Å². The maximum absolute atomic E-state index is 11.6. The molecule has 5 nitrogen and oxygen atoms in total. The number of nitrogen functional groups attached to an aromatic ring is 1. The number of amides is 1. The van der Waals surface area contributed by atoms with Crippen LogP contribution in [-0.2, 0) is 11.3 Å². The van der Waals surface area contributed by atoms with Gasteiger partial charge < -0.3 is 11.1 Å². The van der Waals surface area contributed by atoms with Gasteiger partial charge in [-0.2, -0.15) is 5.26 Å². The Balaban J connectivity index is 2.63. The number of carbonyl (C=O) groups is 1. The number of nitrogens with two attached hydrogens (primary N) is 1. The lowest BCUT2D eigenvalue weighted by Gasteiger charge is -2.25. The van der Waals surface area contributed by atoms with Crippen LogP contribution in [0.15, 0.2) is 24.3 Å². The molecule has 1 amide bonds. The van der Waals surface area contributed by atoms with Crippen molar-refractivity contribution in [1.82, 2.24) is 10.2 Å². The van der Waals surface area contributed by atoms with Crippen molar-refractivity contribution in [3.63, 3.8) is 0 Å². The van der Waals surface area contributed by atoms with E-state index in [-0.39, 0.29) is 25.0 Å². The summed E-state index contributed by atoms with van der Waals surface area (Å²) in [5, 5.41) is 11.0. The second kappa shape index (κ2) is 7.39. The first-order valence-electron chi connectivity index (χ1n) is 6.25. The second-order valence-electron chi connectivity index (χ2n) is 4.68. The van der Waals surface area contributed by atoms with Crippen molar-refractivity contribution in [3.8, 4) is 6.07 Å². The van der Waals surface area contributed by atoms with Gasteiger partial charge in [-0.15, -0.1) is 0 Å². The quantitative estimate of drug-likeness (QED) is 0.593. The van der Waals surface area contributed by atoms with E-state index in [9.17, 15) is 4.79 Å². The van der Waals surface area contributed by atoms with Crippen molar-refractivity contribution in [1.29, 1.82) is 5.26 Å². The molecule has 0 saturated carbocycles. The molecule has 0 heterocycles. The zero-order valence-electron chi connectivity index (χ0n) is 11.4. The van der Waals surface area contributed by atoms with E-state index < -0.39 is 0 Å². The van der Waals surface area contributed by atoms with Crippen molar-refractivity contribution in [3.05, 3.63) is 29.8 Å². The lowest BCUT2D eigenvalue weighted by Crippen LogP contribution is -2.40. The molecule has 0 bridgehead atoms. The zero-order chi connectivity index (χ0) is 14.3. The van der Waals surface area contributed by atoms with Gasteiger partial charge in [0, 0.05) is 18.3 Å². The molecule has 5 heteroatoms. The fourth-order valence-electron chi connectivity index (χ4n) is 1.73. The molecular weight excluding hydrogens is 240 g/mol. The molecular formula is C14H20N4O. The van der Waals surface area contributed by atoms with Gasteiger partial charge in [0.2, 0.25) is 5.91 Å². The summed E-state index contributed by atoms with van der Waals surface area (Å²) in [6, 6.07) is 9.75. The summed E-state index contributed by atoms with van der Waals surface area (Å²) in [7, 11) is 0. The lowest BCUT2D eigenvalue weighted by molar-refractivity contribution is -0.122. The van der Waals surface area contributed by atoms with E-state index in [1.807, 2.05) is 49.1 Å². The summed E-state index contributed by atoms with van der Waals surface area (Å²) in [6.07, 6.45) is 0. The van der Waals surface area contributed by atoms with Crippen LogP contribution in [0.1, 0.15) is 19.4 Å². The van der Waals surface area contributed by atoms with Crippen LogP contribution in [0.4, 0.5) is 5.69 Å². The average Bonchev–Trinajstić information content (AvgIpc) is 2.35. The first-order valence-corrected chi connectivity index (χ1v) is 6.25. The molecule has 102 valence electrons. The van der Waals surface area contributed by atoms with Crippen LogP contribution in [0.5, 0.6) is 0 Å². The number of anilines is 1. The third kappa shape index (κ3) is 5.40. The standard InChI is InChI=1S/C14H20N4O/c1-11(2)18(10-14(19)17-7-6-15)9-12-4-3-5-13(16)8-12/h3-5,8,11H,7,9-10,16H2,1-2H3,(H,17,19). The Morgan fingerprint density at radius 3 is 2.84 bits per heavy atom. The van der Waals surface area contributed by atoms with Crippen molar-refractivity contribution in [2.45, 2.75) is 26.4 Å². The number of rotatable bonds is 6. The van der Waals surface area contributed by atoms with Crippen LogP contribution in [0.3, 0.4) is 0 Å². The fraction of sp³-hybridized carbons (Fsp3) is 0.429. The maximum Gasteiger partial charge on any atom is 0.235 e. The number of carbonyl (C=O) groups excluding carboxylic acids is 1. The van der Waals surface area contributed by atoms with Gasteiger partial charge in [-0.3, -0.25) is 9.69 Å². The summed E-state index contributed by atoms with van der Waals surface area (Å²) >= 11 is 0. The summed E-state index contributed by atoms with van der Waals surface area (Å²) in [6.45, 7) is 5.04. The minimum atomic E-state index is -0.140. The minimum absolute atomic E-state index is 0.0447. The van der Waals surface area contributed by atoms with Crippen LogP contribution in [0.2, 0.25) is 0 Å². The Kier molecular flexibility index (Phi) is 5.83. The number of nitrogens with zero attached hydrogens (tertiary/aromatic N) is 2. The Bertz CT molecular complexity index is 465. The molecule has 3 N–H and O–H groups in total. The second-order valence-corrected chi connectivity index (χ2v) is 4.68. The fourth-order valence-corrected chi connectivity index (χ4v) is 1.73. The van der Waals surface area contributed by atoms with Crippen LogP contribution in [0, 0.1) is 11.3 Å². The van der Waals surface area contributed by atoms with Crippen molar-refractivity contribution in [2.24, 2.45) is 0 Å². The Morgan fingerprint density at radius 2 is 2.26 bits per heavy atom. The molecule has 0 aliphatic heterocycles. The minimum Gasteiger partial charge on any atom is -0.399 e. The van der Waals surface area contributed by atoms with Gasteiger partial charge in [0.05, 0.1) is 12.6 Å². The molecule has 0 saturated heterocycles. The van der Waals surface area contributed by atoms with E-state index in [0.29, 0.717) is 6.54 Å². The van der Waals surface area contributed by atoms with Gasteiger partial charge >= 0.3 is 0 Å². The van der Waals surface area contributed by atoms with Gasteiger partial charge in [-0.25, -0.2) is 0 Å². The van der Waals surface area contributed by atoms with Crippen LogP contribution in [0.25, 0.3) is 0 Å². The molecule has 0 aliphatic rings. The summed E-state index contributed by atoms with van der Waals surface area (Å²) in [5.41, 5.74) is 7.53. The highest BCUT2D eigenvalue weighted by atomic mass is 16.2. The molecule has 0 atom stereocenters. The Hall–Kier alpha value is -2.06. The van der Waals surface area contributed by atoms with E-state index in [1.165, 1.54) is 0 Å². The molecule has 0 spiro atoms. The Morgan fingerprint density at radius 1 is 1.53 bits per heavy atom. The predicted octanol–water partition coefficient (Wildman–Crippen LogP) is 1.12. The van der Waals surface area contributed by atoms with Crippen molar-refractivity contribution in [2.75, 3.05) is 18.8 Å². The van der Waals surface area contributed by atoms with Crippen molar-refractivity contribution >= 4 is 11.6 Å². The molecule has 0 aliphatic carbocycles. The summed E-state index contributed by atoms with van der Waals surface area (Å²) < 4.78 is 0. The molecule has 19 heavy (non-hydrogen) atoms. The molecule has 1 aromatic carbocycles. The zero-order valence-corrected chi connectivity index (χ0v) is 11.4. The van der Waals surface area contributed by atoms with Gasteiger partial charge in [0.1, 0.15) is 6.54 Å². The highest BCUT2D eigenvalue weighted by Crippen LogP contribution is 2.11. The summed E-state index contributed by atoms with van der Waals surface area (Å²) in [5.74, 6) is -0.140. The topological polar surface area (TPSA) is 82.2 Å². The highest BCUT2D eigenvalue weighted by Gasteiger charge is 2.14. The highest BCUT2D eigenvalue weighted by molar-refractivity contribution is 5.78. The average molecular weight is 260 g/mol. The van der Waals surface area contributed by atoms with Crippen molar-refractivity contribution < 1.29 is 4.79 Å². The molecule has 0 aromatic heterocycles. The third-order valence-electron chi connectivity index (χ3n) is 2.78. The Labute approximate surface area is 114 Å². The molecule has 0 radical (unpaired) electrons. The molecule has 1 aromatic rings. The van der Waals surface area contributed by atoms with E-state index >= 15 is 0 Å². The van der Waals surface area contributed by atoms with Gasteiger partial charge in [-0.1, -0.05) is 12.1 Å². The van der Waals surface area contributed by atoms with E-state index in [1.54, 1.807) is 0 Å². The van der Waals surface area contributed by atoms with Crippen LogP contribution >= 0.6 is 0 Å². The lowest BCUT2D eigenvalue weighted by atomic mass is 10.1. The van der Waals surface area contributed by atoms with Gasteiger partial charge in [-0.05, 0) is 31.5 Å². The van der Waals surface area contributed by atoms with E-state index in [4.69, 9.17) is 11.0 Å². The number of benzene rings is 1. The first-order chi connectivity index (χ1) is 9.02. The third-order valence-corrected chi connectivity index (χ3v) is 2.78. The van der Waals surface area contributed by atoms with E-state index in [2.05, 4.69) is 5.32 Å². The smallest absolute Gasteiger partial charge is 0.235 e.